The first-order valence-electron chi connectivity index (χ1n) is 9.51. The van der Waals surface area contributed by atoms with Crippen LogP contribution in [0.2, 0.25) is 0 Å². The summed E-state index contributed by atoms with van der Waals surface area (Å²) < 4.78 is 5.91. The van der Waals surface area contributed by atoms with Gasteiger partial charge in [-0.15, -0.1) is 0 Å². The van der Waals surface area contributed by atoms with Crippen molar-refractivity contribution in [2.75, 3.05) is 26.7 Å². The fourth-order valence-corrected chi connectivity index (χ4v) is 2.72. The van der Waals surface area contributed by atoms with Crippen LogP contribution in [0.15, 0.2) is 4.99 Å². The molecule has 1 amide bonds. The highest BCUT2D eigenvalue weighted by molar-refractivity contribution is 5.81. The summed E-state index contributed by atoms with van der Waals surface area (Å²) in [5.74, 6) is 0.817. The van der Waals surface area contributed by atoms with Gasteiger partial charge in [0.1, 0.15) is 0 Å². The summed E-state index contributed by atoms with van der Waals surface area (Å²) in [4.78, 5) is 15.9. The summed E-state index contributed by atoms with van der Waals surface area (Å²) in [5, 5.41) is 9.39. The predicted octanol–water partition coefficient (Wildman–Crippen LogP) is 2.20. The number of aliphatic imine (C=N–C) groups is 1. The quantitative estimate of drug-likeness (QED) is 0.324. The average Bonchev–Trinajstić information content (AvgIpc) is 2.60. The number of rotatable bonds is 10. The van der Waals surface area contributed by atoms with Crippen molar-refractivity contribution in [3.63, 3.8) is 0 Å². The van der Waals surface area contributed by atoms with Crippen LogP contribution in [0.1, 0.15) is 65.2 Å². The Morgan fingerprint density at radius 2 is 1.92 bits per heavy atom. The van der Waals surface area contributed by atoms with E-state index in [-0.39, 0.29) is 11.9 Å². The zero-order valence-electron chi connectivity index (χ0n) is 15.7. The van der Waals surface area contributed by atoms with Gasteiger partial charge in [0, 0.05) is 39.2 Å². The second-order valence-electron chi connectivity index (χ2n) is 6.54. The van der Waals surface area contributed by atoms with Gasteiger partial charge in [-0.1, -0.05) is 26.2 Å². The molecule has 24 heavy (non-hydrogen) atoms. The molecule has 0 aliphatic heterocycles. The smallest absolute Gasteiger partial charge is 0.221 e. The van der Waals surface area contributed by atoms with Gasteiger partial charge in [-0.2, -0.15) is 0 Å². The van der Waals surface area contributed by atoms with E-state index in [1.807, 2.05) is 6.92 Å². The van der Waals surface area contributed by atoms with Crippen molar-refractivity contribution in [3.05, 3.63) is 0 Å². The predicted molar refractivity (Wildman–Crippen MR) is 99.3 cm³/mol. The Labute approximate surface area is 147 Å². The van der Waals surface area contributed by atoms with Crippen molar-refractivity contribution in [2.45, 2.75) is 77.4 Å². The van der Waals surface area contributed by atoms with Crippen LogP contribution in [-0.2, 0) is 9.53 Å². The molecule has 1 unspecified atom stereocenters. The minimum Gasteiger partial charge on any atom is -0.378 e. The Morgan fingerprint density at radius 3 is 2.58 bits per heavy atom. The molecule has 0 heterocycles. The summed E-state index contributed by atoms with van der Waals surface area (Å²) in [6.07, 6.45) is 9.25. The van der Waals surface area contributed by atoms with Crippen molar-refractivity contribution in [1.82, 2.24) is 16.0 Å². The molecule has 1 atom stereocenters. The van der Waals surface area contributed by atoms with Crippen LogP contribution in [0.4, 0.5) is 0 Å². The van der Waals surface area contributed by atoms with Crippen LogP contribution >= 0.6 is 0 Å². The van der Waals surface area contributed by atoms with Crippen molar-refractivity contribution < 1.29 is 9.53 Å². The van der Waals surface area contributed by atoms with Crippen LogP contribution in [-0.4, -0.2) is 50.8 Å². The Balaban J connectivity index is 2.02. The molecule has 1 rings (SSSR count). The third-order valence-corrected chi connectivity index (χ3v) is 4.41. The average molecular weight is 341 g/mol. The number of hydrogen-bond acceptors (Lipinski definition) is 3. The Kier molecular flexibility index (Phi) is 11.3. The maximum absolute atomic E-state index is 11.7. The zero-order chi connectivity index (χ0) is 17.6. The van der Waals surface area contributed by atoms with E-state index in [9.17, 15) is 4.79 Å². The first-order valence-corrected chi connectivity index (χ1v) is 9.51. The van der Waals surface area contributed by atoms with Crippen molar-refractivity contribution in [3.8, 4) is 0 Å². The number of ether oxygens (including phenoxy) is 1. The van der Waals surface area contributed by atoms with E-state index in [2.05, 4.69) is 27.9 Å². The van der Waals surface area contributed by atoms with Gasteiger partial charge in [0.2, 0.25) is 5.91 Å². The van der Waals surface area contributed by atoms with Gasteiger partial charge >= 0.3 is 0 Å². The fraction of sp³-hybridized carbons (Fsp3) is 0.889. The molecule has 140 valence electrons. The topological polar surface area (TPSA) is 74.8 Å². The highest BCUT2D eigenvalue weighted by Crippen LogP contribution is 2.20. The fourth-order valence-electron chi connectivity index (χ4n) is 2.72. The molecule has 1 aliphatic carbocycles. The summed E-state index contributed by atoms with van der Waals surface area (Å²) in [6, 6.07) is 0.235. The molecule has 6 heteroatoms. The molecule has 0 saturated heterocycles. The van der Waals surface area contributed by atoms with E-state index < -0.39 is 0 Å². The van der Waals surface area contributed by atoms with E-state index in [1.54, 1.807) is 7.05 Å². The minimum atomic E-state index is 0.0770. The van der Waals surface area contributed by atoms with E-state index in [0.29, 0.717) is 19.1 Å². The van der Waals surface area contributed by atoms with Gasteiger partial charge in [0.15, 0.2) is 5.96 Å². The van der Waals surface area contributed by atoms with Crippen LogP contribution in [0.3, 0.4) is 0 Å². The number of guanidine groups is 1. The van der Waals surface area contributed by atoms with Gasteiger partial charge in [0.25, 0.3) is 0 Å². The lowest BCUT2D eigenvalue weighted by Crippen LogP contribution is -2.40. The maximum Gasteiger partial charge on any atom is 0.221 e. The number of nitrogens with zero attached hydrogens (tertiary/aromatic N) is 1. The van der Waals surface area contributed by atoms with Crippen LogP contribution in [0.25, 0.3) is 0 Å². The summed E-state index contributed by atoms with van der Waals surface area (Å²) in [5.41, 5.74) is 0. The molecule has 0 aromatic carbocycles. The Hall–Kier alpha value is -1.30. The number of carbonyl (C=O) groups is 1. The van der Waals surface area contributed by atoms with E-state index in [4.69, 9.17) is 4.74 Å². The second-order valence-corrected chi connectivity index (χ2v) is 6.54. The number of carbonyl (C=O) groups excluding carboxylic acids is 1. The summed E-state index contributed by atoms with van der Waals surface area (Å²) >= 11 is 0. The third kappa shape index (κ3) is 9.75. The lowest BCUT2D eigenvalue weighted by Gasteiger charge is -2.22. The monoisotopic (exact) mass is 340 g/mol. The summed E-state index contributed by atoms with van der Waals surface area (Å²) in [6.45, 7) is 6.28. The summed E-state index contributed by atoms with van der Waals surface area (Å²) in [7, 11) is 1.74. The van der Waals surface area contributed by atoms with E-state index in [1.165, 1.54) is 32.1 Å². The Morgan fingerprint density at radius 1 is 1.21 bits per heavy atom. The molecule has 1 aliphatic rings. The van der Waals surface area contributed by atoms with Crippen LogP contribution < -0.4 is 16.0 Å². The van der Waals surface area contributed by atoms with Gasteiger partial charge in [-0.25, -0.2) is 0 Å². The molecular weight excluding hydrogens is 304 g/mol. The van der Waals surface area contributed by atoms with Gasteiger partial charge < -0.3 is 20.7 Å². The molecule has 1 saturated carbocycles. The van der Waals surface area contributed by atoms with Crippen molar-refractivity contribution >= 4 is 11.9 Å². The molecule has 0 spiro atoms. The Bertz CT molecular complexity index is 368. The van der Waals surface area contributed by atoms with Crippen LogP contribution in [0, 0.1) is 0 Å². The lowest BCUT2D eigenvalue weighted by molar-refractivity contribution is -0.121. The van der Waals surface area contributed by atoms with E-state index in [0.717, 1.165) is 32.0 Å². The molecule has 1 fully saturated rings. The number of nitrogens with one attached hydrogen (secondary N) is 3. The third-order valence-electron chi connectivity index (χ3n) is 4.41. The van der Waals surface area contributed by atoms with Gasteiger partial charge in [0.05, 0.1) is 6.10 Å². The maximum atomic E-state index is 11.7. The molecule has 0 radical (unpaired) electrons. The van der Waals surface area contributed by atoms with Crippen molar-refractivity contribution in [1.29, 1.82) is 0 Å². The van der Waals surface area contributed by atoms with Gasteiger partial charge in [-0.3, -0.25) is 9.79 Å². The molecule has 0 aromatic heterocycles. The van der Waals surface area contributed by atoms with Gasteiger partial charge in [-0.05, 0) is 32.6 Å². The number of hydrogen-bond donors (Lipinski definition) is 3. The van der Waals surface area contributed by atoms with Crippen LogP contribution in [0.5, 0.6) is 0 Å². The SMILES string of the molecule is CCC(C)NC(=O)CCNC(=NC)NCCCOC1CCCCC1. The zero-order valence-corrected chi connectivity index (χ0v) is 15.7. The van der Waals surface area contributed by atoms with E-state index >= 15 is 0 Å². The standard InChI is InChI=1S/C18H36N4O2/c1-4-15(2)22-17(23)11-13-21-18(19-3)20-12-8-14-24-16-9-6-5-7-10-16/h15-16H,4-14H2,1-3H3,(H,22,23)(H2,19,20,21). The largest absolute Gasteiger partial charge is 0.378 e. The molecule has 0 bridgehead atoms. The first-order chi connectivity index (χ1) is 11.7. The molecule has 0 aromatic rings. The molecule has 3 N–H and O–H groups in total. The second kappa shape index (κ2) is 13.0. The molecule has 6 nitrogen and oxygen atoms in total. The van der Waals surface area contributed by atoms with Crippen molar-refractivity contribution in [2.24, 2.45) is 4.99 Å². The first kappa shape index (κ1) is 20.7. The highest BCUT2D eigenvalue weighted by atomic mass is 16.5. The number of amides is 1. The lowest BCUT2D eigenvalue weighted by atomic mass is 9.98. The highest BCUT2D eigenvalue weighted by Gasteiger charge is 2.13. The normalized spacial score (nSPS) is 17.4. The minimum absolute atomic E-state index is 0.0770. The molecular formula is C18H36N4O2.